The summed E-state index contributed by atoms with van der Waals surface area (Å²) < 4.78 is 5.58. The summed E-state index contributed by atoms with van der Waals surface area (Å²) in [7, 11) is 0. The van der Waals surface area contributed by atoms with Gasteiger partial charge < -0.3 is 15.8 Å². The number of para-hydroxylation sites is 1. The minimum atomic E-state index is -0.103. The molecular weight excluding hydrogens is 240 g/mol. The molecule has 0 bridgehead atoms. The van der Waals surface area contributed by atoms with Gasteiger partial charge in [0.2, 0.25) is 0 Å². The summed E-state index contributed by atoms with van der Waals surface area (Å²) in [5.41, 5.74) is 6.80. The Morgan fingerprint density at radius 2 is 2.11 bits per heavy atom. The molecule has 3 N–H and O–H groups in total. The summed E-state index contributed by atoms with van der Waals surface area (Å²) in [4.78, 5) is 11.8. The number of amides is 1. The second kappa shape index (κ2) is 6.57. The Morgan fingerprint density at radius 1 is 1.42 bits per heavy atom. The van der Waals surface area contributed by atoms with Gasteiger partial charge in [0.15, 0.2) is 6.61 Å². The van der Waals surface area contributed by atoms with Crippen LogP contribution in [-0.4, -0.2) is 18.6 Å². The van der Waals surface area contributed by atoms with E-state index in [4.69, 9.17) is 10.5 Å². The van der Waals surface area contributed by atoms with Crippen LogP contribution < -0.4 is 15.8 Å². The smallest absolute Gasteiger partial charge is 0.258 e. The highest BCUT2D eigenvalue weighted by Gasteiger charge is 2.17. The second-order valence-corrected chi connectivity index (χ2v) is 5.16. The van der Waals surface area contributed by atoms with Crippen LogP contribution in [0, 0.1) is 0 Å². The summed E-state index contributed by atoms with van der Waals surface area (Å²) in [6.45, 7) is 1.96. The zero-order chi connectivity index (χ0) is 13.7. The van der Waals surface area contributed by atoms with E-state index in [0.717, 1.165) is 18.4 Å². The molecule has 0 aromatic heterocycles. The van der Waals surface area contributed by atoms with Crippen molar-refractivity contribution in [1.82, 2.24) is 5.32 Å². The van der Waals surface area contributed by atoms with Gasteiger partial charge in [-0.05, 0) is 25.8 Å². The third kappa shape index (κ3) is 3.96. The lowest BCUT2D eigenvalue weighted by molar-refractivity contribution is -0.123. The number of ether oxygens (including phenoxy) is 1. The van der Waals surface area contributed by atoms with E-state index >= 15 is 0 Å². The van der Waals surface area contributed by atoms with Crippen molar-refractivity contribution in [3.05, 3.63) is 29.8 Å². The molecule has 1 atom stereocenters. The summed E-state index contributed by atoms with van der Waals surface area (Å²) in [5, 5.41) is 3.00. The lowest BCUT2D eigenvalue weighted by Gasteiger charge is -2.15. The molecule has 1 aliphatic carbocycles. The number of carbonyl (C=O) groups is 1. The van der Waals surface area contributed by atoms with Crippen molar-refractivity contribution < 1.29 is 9.53 Å². The van der Waals surface area contributed by atoms with Crippen molar-refractivity contribution >= 4 is 5.91 Å². The van der Waals surface area contributed by atoms with Gasteiger partial charge in [-0.1, -0.05) is 31.0 Å². The number of benzene rings is 1. The van der Waals surface area contributed by atoms with E-state index in [9.17, 15) is 4.79 Å². The molecule has 1 aromatic carbocycles. The quantitative estimate of drug-likeness (QED) is 0.854. The Hall–Kier alpha value is -1.55. The molecule has 2 rings (SSSR count). The van der Waals surface area contributed by atoms with E-state index in [0.29, 0.717) is 11.8 Å². The molecule has 1 aliphatic rings. The Morgan fingerprint density at radius 3 is 2.79 bits per heavy atom. The summed E-state index contributed by atoms with van der Waals surface area (Å²) in [6.07, 6.45) is 4.59. The normalized spacial score (nSPS) is 17.2. The maximum atomic E-state index is 11.8. The highest BCUT2D eigenvalue weighted by Crippen LogP contribution is 2.23. The lowest BCUT2D eigenvalue weighted by Crippen LogP contribution is -2.36. The standard InChI is InChI=1S/C15H22N2O2/c1-11(16)13-8-4-5-9-14(13)19-10-15(18)17-12-6-2-3-7-12/h4-5,8-9,11-12H,2-3,6-7,10,16H2,1H3,(H,17,18). The van der Waals surface area contributed by atoms with E-state index in [-0.39, 0.29) is 18.6 Å². The van der Waals surface area contributed by atoms with Crippen LogP contribution >= 0.6 is 0 Å². The summed E-state index contributed by atoms with van der Waals surface area (Å²) >= 11 is 0. The Bertz CT molecular complexity index is 426. The molecule has 1 aromatic rings. The van der Waals surface area contributed by atoms with Crippen molar-refractivity contribution in [2.24, 2.45) is 5.73 Å². The molecular formula is C15H22N2O2. The predicted octanol–water partition coefficient (Wildman–Crippen LogP) is 2.14. The van der Waals surface area contributed by atoms with Gasteiger partial charge in [0.25, 0.3) is 5.91 Å². The van der Waals surface area contributed by atoms with Crippen molar-refractivity contribution in [2.75, 3.05) is 6.61 Å². The van der Waals surface area contributed by atoms with E-state index in [1.54, 1.807) is 0 Å². The minimum absolute atomic E-state index is 0.0497. The third-order valence-corrected chi connectivity index (χ3v) is 3.49. The number of carbonyl (C=O) groups excluding carboxylic acids is 1. The number of hydrogen-bond donors (Lipinski definition) is 2. The first-order chi connectivity index (χ1) is 9.16. The minimum Gasteiger partial charge on any atom is -0.483 e. The molecule has 1 amide bonds. The molecule has 1 unspecified atom stereocenters. The van der Waals surface area contributed by atoms with Crippen LogP contribution in [0.2, 0.25) is 0 Å². The van der Waals surface area contributed by atoms with Gasteiger partial charge in [-0.15, -0.1) is 0 Å². The molecule has 1 fully saturated rings. The number of nitrogens with two attached hydrogens (primary N) is 1. The van der Waals surface area contributed by atoms with Gasteiger partial charge in [0.05, 0.1) is 0 Å². The van der Waals surface area contributed by atoms with Crippen molar-refractivity contribution in [3.63, 3.8) is 0 Å². The molecule has 0 aliphatic heterocycles. The molecule has 4 nitrogen and oxygen atoms in total. The zero-order valence-corrected chi connectivity index (χ0v) is 11.4. The first-order valence-corrected chi connectivity index (χ1v) is 6.93. The van der Waals surface area contributed by atoms with Crippen LogP contribution in [0.15, 0.2) is 24.3 Å². The first-order valence-electron chi connectivity index (χ1n) is 6.93. The Kier molecular flexibility index (Phi) is 4.80. The highest BCUT2D eigenvalue weighted by molar-refractivity contribution is 5.77. The van der Waals surface area contributed by atoms with E-state index in [1.165, 1.54) is 12.8 Å². The maximum Gasteiger partial charge on any atom is 0.258 e. The SMILES string of the molecule is CC(N)c1ccccc1OCC(=O)NC1CCCC1. The third-order valence-electron chi connectivity index (χ3n) is 3.49. The Labute approximate surface area is 114 Å². The maximum absolute atomic E-state index is 11.8. The van der Waals surface area contributed by atoms with E-state index < -0.39 is 0 Å². The van der Waals surface area contributed by atoms with Crippen LogP contribution in [0.25, 0.3) is 0 Å². The molecule has 1 saturated carbocycles. The van der Waals surface area contributed by atoms with Crippen LogP contribution in [-0.2, 0) is 4.79 Å². The van der Waals surface area contributed by atoms with Gasteiger partial charge >= 0.3 is 0 Å². The topological polar surface area (TPSA) is 64.3 Å². The van der Waals surface area contributed by atoms with E-state index in [1.807, 2.05) is 31.2 Å². The average molecular weight is 262 g/mol. The van der Waals surface area contributed by atoms with Crippen molar-refractivity contribution in [1.29, 1.82) is 0 Å². The fourth-order valence-corrected chi connectivity index (χ4v) is 2.47. The fourth-order valence-electron chi connectivity index (χ4n) is 2.47. The molecule has 0 saturated heterocycles. The van der Waals surface area contributed by atoms with Gasteiger partial charge in [-0.2, -0.15) is 0 Å². The van der Waals surface area contributed by atoms with Crippen LogP contribution in [0.1, 0.15) is 44.2 Å². The monoisotopic (exact) mass is 262 g/mol. The summed E-state index contributed by atoms with van der Waals surface area (Å²) in [5.74, 6) is 0.644. The first kappa shape index (κ1) is 13.9. The van der Waals surface area contributed by atoms with Crippen LogP contribution in [0.4, 0.5) is 0 Å². The van der Waals surface area contributed by atoms with E-state index in [2.05, 4.69) is 5.32 Å². The Balaban J connectivity index is 1.86. The summed E-state index contributed by atoms with van der Waals surface area (Å²) in [6, 6.07) is 7.81. The molecule has 4 heteroatoms. The number of hydrogen-bond acceptors (Lipinski definition) is 3. The van der Waals surface area contributed by atoms with Gasteiger partial charge in [-0.25, -0.2) is 0 Å². The van der Waals surface area contributed by atoms with Crippen molar-refractivity contribution in [2.45, 2.75) is 44.7 Å². The molecule has 0 heterocycles. The zero-order valence-electron chi connectivity index (χ0n) is 11.4. The second-order valence-electron chi connectivity index (χ2n) is 5.16. The number of nitrogens with one attached hydrogen (secondary N) is 1. The van der Waals surface area contributed by atoms with Crippen LogP contribution in [0.5, 0.6) is 5.75 Å². The largest absolute Gasteiger partial charge is 0.483 e. The fraction of sp³-hybridized carbons (Fsp3) is 0.533. The van der Waals surface area contributed by atoms with Gasteiger partial charge in [0.1, 0.15) is 5.75 Å². The highest BCUT2D eigenvalue weighted by atomic mass is 16.5. The van der Waals surface area contributed by atoms with Crippen molar-refractivity contribution in [3.8, 4) is 5.75 Å². The molecule has 19 heavy (non-hydrogen) atoms. The molecule has 0 radical (unpaired) electrons. The number of rotatable bonds is 5. The van der Waals surface area contributed by atoms with Crippen LogP contribution in [0.3, 0.4) is 0 Å². The lowest BCUT2D eigenvalue weighted by atomic mass is 10.1. The predicted molar refractivity (Wildman–Crippen MR) is 74.9 cm³/mol. The van der Waals surface area contributed by atoms with Gasteiger partial charge in [0, 0.05) is 17.6 Å². The average Bonchev–Trinajstić information content (AvgIpc) is 2.89. The molecule has 0 spiro atoms. The molecule has 104 valence electrons. The van der Waals surface area contributed by atoms with Gasteiger partial charge in [-0.3, -0.25) is 4.79 Å².